The quantitative estimate of drug-likeness (QED) is 0.872. The number of aromatic nitrogens is 2. The standard InChI is InChI=1S/C13H16N2O2S/c1-8(2)10(13(16)17)5-12-15-11(7-18-12)9-3-4-14-6-9/h3-4,6-8,10,14H,5H2,1-2H3,(H,16,17). The van der Waals surface area contributed by atoms with E-state index >= 15 is 0 Å². The van der Waals surface area contributed by atoms with Crippen LogP contribution in [0.4, 0.5) is 0 Å². The zero-order valence-electron chi connectivity index (χ0n) is 10.4. The second-order valence-electron chi connectivity index (χ2n) is 4.62. The highest BCUT2D eigenvalue weighted by atomic mass is 32.1. The van der Waals surface area contributed by atoms with E-state index in [-0.39, 0.29) is 11.8 Å². The molecule has 0 aliphatic carbocycles. The molecule has 0 saturated heterocycles. The minimum absolute atomic E-state index is 0.113. The zero-order chi connectivity index (χ0) is 13.1. The number of carboxylic acids is 1. The fourth-order valence-corrected chi connectivity index (χ4v) is 2.68. The lowest BCUT2D eigenvalue weighted by Crippen LogP contribution is -2.22. The maximum atomic E-state index is 11.2. The van der Waals surface area contributed by atoms with E-state index in [1.807, 2.05) is 37.7 Å². The third-order valence-corrected chi connectivity index (χ3v) is 3.83. The summed E-state index contributed by atoms with van der Waals surface area (Å²) in [6.45, 7) is 3.86. The predicted octanol–water partition coefficient (Wildman–Crippen LogP) is 3.04. The molecule has 1 atom stereocenters. The Morgan fingerprint density at radius 3 is 2.89 bits per heavy atom. The fraction of sp³-hybridized carbons (Fsp3) is 0.385. The molecule has 0 radical (unpaired) electrons. The third-order valence-electron chi connectivity index (χ3n) is 2.96. The van der Waals surface area contributed by atoms with Crippen LogP contribution in [0.3, 0.4) is 0 Å². The van der Waals surface area contributed by atoms with Crippen LogP contribution in [0, 0.1) is 11.8 Å². The van der Waals surface area contributed by atoms with Crippen molar-refractivity contribution in [1.29, 1.82) is 0 Å². The van der Waals surface area contributed by atoms with Crippen molar-refractivity contribution in [1.82, 2.24) is 9.97 Å². The van der Waals surface area contributed by atoms with Gasteiger partial charge in [0.25, 0.3) is 0 Å². The van der Waals surface area contributed by atoms with Gasteiger partial charge in [0.2, 0.25) is 0 Å². The molecule has 1 unspecified atom stereocenters. The Kier molecular flexibility index (Phi) is 3.81. The van der Waals surface area contributed by atoms with Gasteiger partial charge in [-0.05, 0) is 12.0 Å². The van der Waals surface area contributed by atoms with E-state index in [0.29, 0.717) is 6.42 Å². The van der Waals surface area contributed by atoms with E-state index in [9.17, 15) is 4.79 Å². The van der Waals surface area contributed by atoms with Gasteiger partial charge in [0.15, 0.2) is 0 Å². The lowest BCUT2D eigenvalue weighted by molar-refractivity contribution is -0.143. The van der Waals surface area contributed by atoms with Gasteiger partial charge in [-0.15, -0.1) is 11.3 Å². The number of H-pyrrole nitrogens is 1. The van der Waals surface area contributed by atoms with E-state index in [1.165, 1.54) is 11.3 Å². The Morgan fingerprint density at radius 1 is 1.56 bits per heavy atom. The minimum Gasteiger partial charge on any atom is -0.481 e. The summed E-state index contributed by atoms with van der Waals surface area (Å²) >= 11 is 1.52. The van der Waals surface area contributed by atoms with Gasteiger partial charge in [-0.25, -0.2) is 4.98 Å². The molecule has 0 fully saturated rings. The molecular formula is C13H16N2O2S. The lowest BCUT2D eigenvalue weighted by Gasteiger charge is -2.14. The monoisotopic (exact) mass is 264 g/mol. The highest BCUT2D eigenvalue weighted by Crippen LogP contribution is 2.25. The number of hydrogen-bond donors (Lipinski definition) is 2. The van der Waals surface area contributed by atoms with Crippen LogP contribution >= 0.6 is 11.3 Å². The number of rotatable bonds is 5. The summed E-state index contributed by atoms with van der Waals surface area (Å²) in [6, 6.07) is 1.95. The Bertz CT molecular complexity index is 517. The molecule has 18 heavy (non-hydrogen) atoms. The number of carbonyl (C=O) groups is 1. The van der Waals surface area contributed by atoms with Crippen LogP contribution < -0.4 is 0 Å². The molecule has 0 bridgehead atoms. The number of thiazole rings is 1. The molecule has 5 heteroatoms. The van der Waals surface area contributed by atoms with E-state index in [0.717, 1.165) is 16.3 Å². The predicted molar refractivity (Wildman–Crippen MR) is 71.6 cm³/mol. The van der Waals surface area contributed by atoms with E-state index in [2.05, 4.69) is 9.97 Å². The molecule has 2 rings (SSSR count). The van der Waals surface area contributed by atoms with Gasteiger partial charge in [-0.3, -0.25) is 4.79 Å². The van der Waals surface area contributed by atoms with Crippen molar-refractivity contribution < 1.29 is 9.90 Å². The topological polar surface area (TPSA) is 66.0 Å². The summed E-state index contributed by atoms with van der Waals surface area (Å²) < 4.78 is 0. The third kappa shape index (κ3) is 2.79. The zero-order valence-corrected chi connectivity index (χ0v) is 11.2. The molecule has 2 N–H and O–H groups in total. The second kappa shape index (κ2) is 5.35. The summed E-state index contributed by atoms with van der Waals surface area (Å²) in [5.41, 5.74) is 1.94. The molecule has 0 aliphatic heterocycles. The van der Waals surface area contributed by atoms with Gasteiger partial charge < -0.3 is 10.1 Å². The SMILES string of the molecule is CC(C)C(Cc1nc(-c2cc[nH]c2)cs1)C(=O)O. The highest BCUT2D eigenvalue weighted by Gasteiger charge is 2.23. The number of nitrogens with zero attached hydrogens (tertiary/aromatic N) is 1. The van der Waals surface area contributed by atoms with Crippen LogP contribution in [0.1, 0.15) is 18.9 Å². The minimum atomic E-state index is -0.747. The van der Waals surface area contributed by atoms with Crippen LogP contribution in [-0.2, 0) is 11.2 Å². The fourth-order valence-electron chi connectivity index (χ4n) is 1.82. The second-order valence-corrected chi connectivity index (χ2v) is 5.56. The normalized spacial score (nSPS) is 12.8. The molecule has 0 saturated carbocycles. The molecule has 0 aromatic carbocycles. The van der Waals surface area contributed by atoms with Crippen LogP contribution in [0.2, 0.25) is 0 Å². The molecule has 96 valence electrons. The summed E-state index contributed by atoms with van der Waals surface area (Å²) in [4.78, 5) is 18.6. The van der Waals surface area contributed by atoms with Crippen molar-refractivity contribution in [2.45, 2.75) is 20.3 Å². The van der Waals surface area contributed by atoms with E-state index < -0.39 is 5.97 Å². The van der Waals surface area contributed by atoms with Gasteiger partial charge in [0.05, 0.1) is 16.6 Å². The highest BCUT2D eigenvalue weighted by molar-refractivity contribution is 7.09. The first-order valence-electron chi connectivity index (χ1n) is 5.88. The van der Waals surface area contributed by atoms with Gasteiger partial charge >= 0.3 is 5.97 Å². The number of aliphatic carboxylic acids is 1. The smallest absolute Gasteiger partial charge is 0.307 e. The van der Waals surface area contributed by atoms with Crippen molar-refractivity contribution in [2.75, 3.05) is 0 Å². The summed E-state index contributed by atoms with van der Waals surface area (Å²) in [6.07, 6.45) is 4.24. The van der Waals surface area contributed by atoms with Crippen molar-refractivity contribution in [3.63, 3.8) is 0 Å². The van der Waals surface area contributed by atoms with Crippen LogP contribution in [0.25, 0.3) is 11.3 Å². The molecular weight excluding hydrogens is 248 g/mol. The molecule has 0 spiro atoms. The molecule has 2 heterocycles. The van der Waals surface area contributed by atoms with Crippen molar-refractivity contribution in [3.8, 4) is 11.3 Å². The van der Waals surface area contributed by atoms with Crippen molar-refractivity contribution >= 4 is 17.3 Å². The number of aromatic amines is 1. The summed E-state index contributed by atoms with van der Waals surface area (Å²) in [7, 11) is 0. The number of nitrogens with one attached hydrogen (secondary N) is 1. The van der Waals surface area contributed by atoms with E-state index in [1.54, 1.807) is 0 Å². The summed E-state index contributed by atoms with van der Waals surface area (Å²) in [5.74, 6) is -0.999. The van der Waals surface area contributed by atoms with Gasteiger partial charge in [-0.2, -0.15) is 0 Å². The largest absolute Gasteiger partial charge is 0.481 e. The van der Waals surface area contributed by atoms with Crippen LogP contribution in [0.15, 0.2) is 23.8 Å². The first-order valence-corrected chi connectivity index (χ1v) is 6.76. The molecule has 2 aromatic rings. The first-order chi connectivity index (χ1) is 8.58. The maximum Gasteiger partial charge on any atom is 0.307 e. The van der Waals surface area contributed by atoms with Gasteiger partial charge in [0.1, 0.15) is 0 Å². The first kappa shape index (κ1) is 12.8. The summed E-state index contributed by atoms with van der Waals surface area (Å²) in [5, 5.41) is 12.0. The van der Waals surface area contributed by atoms with Crippen molar-refractivity contribution in [2.24, 2.45) is 11.8 Å². The lowest BCUT2D eigenvalue weighted by atomic mass is 9.93. The average Bonchev–Trinajstić information content (AvgIpc) is 2.95. The Balaban J connectivity index is 2.13. The number of carboxylic acid groups (broad SMARTS) is 1. The maximum absolute atomic E-state index is 11.2. The Labute approximate surface area is 110 Å². The van der Waals surface area contributed by atoms with Gasteiger partial charge in [-0.1, -0.05) is 13.8 Å². The molecule has 0 amide bonds. The molecule has 2 aromatic heterocycles. The Morgan fingerprint density at radius 2 is 2.33 bits per heavy atom. The number of hydrogen-bond acceptors (Lipinski definition) is 3. The molecule has 4 nitrogen and oxygen atoms in total. The van der Waals surface area contributed by atoms with Crippen molar-refractivity contribution in [3.05, 3.63) is 28.8 Å². The van der Waals surface area contributed by atoms with E-state index in [4.69, 9.17) is 5.11 Å². The molecule has 0 aliphatic rings. The Hall–Kier alpha value is -1.62. The van der Waals surface area contributed by atoms with Crippen LogP contribution in [0.5, 0.6) is 0 Å². The van der Waals surface area contributed by atoms with Crippen LogP contribution in [-0.4, -0.2) is 21.0 Å². The van der Waals surface area contributed by atoms with Gasteiger partial charge in [0, 0.05) is 29.8 Å². The average molecular weight is 264 g/mol.